The van der Waals surface area contributed by atoms with Crippen LogP contribution < -0.4 is 10.3 Å². The number of hydrogen-bond donors (Lipinski definition) is 1. The van der Waals surface area contributed by atoms with Crippen molar-refractivity contribution in [1.82, 2.24) is 14.9 Å². The number of aromatic nitrogens is 2. The Kier molecular flexibility index (Phi) is 3.74. The second kappa shape index (κ2) is 5.69. The van der Waals surface area contributed by atoms with E-state index in [9.17, 15) is 9.59 Å². The van der Waals surface area contributed by atoms with E-state index < -0.39 is 0 Å². The Morgan fingerprint density at radius 1 is 1.57 bits per heavy atom. The fourth-order valence-electron chi connectivity index (χ4n) is 2.56. The van der Waals surface area contributed by atoms with Crippen molar-refractivity contribution >= 4 is 17.2 Å². The molecular weight excluding hydrogens is 290 g/mol. The van der Waals surface area contributed by atoms with E-state index in [1.54, 1.807) is 4.90 Å². The molecule has 110 valence electrons. The van der Waals surface area contributed by atoms with E-state index in [-0.39, 0.29) is 23.3 Å². The van der Waals surface area contributed by atoms with E-state index in [4.69, 9.17) is 4.74 Å². The smallest absolute Gasteiger partial charge is 0.293 e. The van der Waals surface area contributed by atoms with Crippen molar-refractivity contribution in [3.63, 3.8) is 0 Å². The third-order valence-corrected chi connectivity index (χ3v) is 4.29. The lowest BCUT2D eigenvalue weighted by Crippen LogP contribution is -2.32. The van der Waals surface area contributed by atoms with Crippen LogP contribution in [0.4, 0.5) is 0 Å². The molecule has 0 spiro atoms. The van der Waals surface area contributed by atoms with E-state index >= 15 is 0 Å². The summed E-state index contributed by atoms with van der Waals surface area (Å²) in [5, 5.41) is 3.72. The monoisotopic (exact) mass is 305 g/mol. The van der Waals surface area contributed by atoms with Gasteiger partial charge in [0.25, 0.3) is 11.5 Å². The van der Waals surface area contributed by atoms with Crippen LogP contribution in [0.25, 0.3) is 0 Å². The molecule has 3 rings (SSSR count). The summed E-state index contributed by atoms with van der Waals surface area (Å²) in [5.41, 5.74) is 0.361. The molecule has 1 N–H and O–H groups in total. The van der Waals surface area contributed by atoms with Crippen LogP contribution >= 0.6 is 11.3 Å². The molecule has 0 aromatic carbocycles. The Bertz CT molecular complexity index is 696. The summed E-state index contributed by atoms with van der Waals surface area (Å²) in [6, 6.07) is 1.63. The second-order valence-corrected chi connectivity index (χ2v) is 5.61. The quantitative estimate of drug-likeness (QED) is 0.938. The van der Waals surface area contributed by atoms with E-state index in [1.807, 2.05) is 16.8 Å². The molecule has 0 radical (unpaired) electrons. The van der Waals surface area contributed by atoms with Crippen molar-refractivity contribution in [2.75, 3.05) is 13.7 Å². The third kappa shape index (κ3) is 2.56. The number of likely N-dealkylation sites (tertiary alicyclic amines) is 1. The molecule has 1 unspecified atom stereocenters. The maximum atomic E-state index is 12.5. The third-order valence-electron chi connectivity index (χ3n) is 3.60. The van der Waals surface area contributed by atoms with Gasteiger partial charge in [-0.25, -0.2) is 4.98 Å². The highest BCUT2D eigenvalue weighted by molar-refractivity contribution is 7.08. The van der Waals surface area contributed by atoms with Crippen LogP contribution in [0, 0.1) is 0 Å². The van der Waals surface area contributed by atoms with E-state index in [0.29, 0.717) is 17.9 Å². The number of ether oxygens (including phenoxy) is 1. The van der Waals surface area contributed by atoms with Gasteiger partial charge in [0.1, 0.15) is 5.82 Å². The summed E-state index contributed by atoms with van der Waals surface area (Å²) in [6.45, 7) is 0.676. The van der Waals surface area contributed by atoms with E-state index in [0.717, 1.165) is 12.8 Å². The molecule has 21 heavy (non-hydrogen) atoms. The average molecular weight is 305 g/mol. The lowest BCUT2D eigenvalue weighted by Gasteiger charge is -2.23. The van der Waals surface area contributed by atoms with Gasteiger partial charge < -0.3 is 14.6 Å². The first-order valence-electron chi connectivity index (χ1n) is 6.67. The Morgan fingerprint density at radius 3 is 3.10 bits per heavy atom. The van der Waals surface area contributed by atoms with Crippen molar-refractivity contribution in [2.24, 2.45) is 0 Å². The standard InChI is InChI=1S/C14H15N3O3S/c1-20-11-7-15-12(16-13(11)18)10-3-2-5-17(10)14(19)9-4-6-21-8-9/h4,6-8,10H,2-3,5H2,1H3,(H,15,16,18). The molecule has 1 fully saturated rings. The number of aromatic amines is 1. The fourth-order valence-corrected chi connectivity index (χ4v) is 3.19. The molecule has 1 saturated heterocycles. The molecular formula is C14H15N3O3S. The van der Waals surface area contributed by atoms with Crippen LogP contribution in [0.3, 0.4) is 0 Å². The number of H-pyrrole nitrogens is 1. The van der Waals surface area contributed by atoms with Crippen molar-refractivity contribution in [3.05, 3.63) is 44.8 Å². The molecule has 1 amide bonds. The number of hydrogen-bond acceptors (Lipinski definition) is 5. The van der Waals surface area contributed by atoms with Crippen molar-refractivity contribution in [2.45, 2.75) is 18.9 Å². The Morgan fingerprint density at radius 2 is 2.43 bits per heavy atom. The highest BCUT2D eigenvalue weighted by Crippen LogP contribution is 2.31. The minimum Gasteiger partial charge on any atom is -0.490 e. The second-order valence-electron chi connectivity index (χ2n) is 4.83. The van der Waals surface area contributed by atoms with Crippen molar-refractivity contribution in [1.29, 1.82) is 0 Å². The molecule has 0 bridgehead atoms. The summed E-state index contributed by atoms with van der Waals surface area (Å²) < 4.78 is 4.91. The van der Waals surface area contributed by atoms with Crippen LogP contribution in [-0.4, -0.2) is 34.4 Å². The molecule has 6 nitrogen and oxygen atoms in total. The molecule has 1 aliphatic heterocycles. The van der Waals surface area contributed by atoms with Gasteiger partial charge in [-0.15, -0.1) is 0 Å². The molecule has 1 atom stereocenters. The van der Waals surface area contributed by atoms with Crippen LogP contribution in [0.1, 0.15) is 35.1 Å². The Labute approximate surface area is 125 Å². The zero-order valence-corrected chi connectivity index (χ0v) is 12.4. The fraction of sp³-hybridized carbons (Fsp3) is 0.357. The number of carbonyl (C=O) groups excluding carboxylic acids is 1. The molecule has 2 aromatic rings. The molecule has 1 aliphatic rings. The normalized spacial score (nSPS) is 18.0. The first kappa shape index (κ1) is 13.8. The molecule has 3 heterocycles. The SMILES string of the molecule is COc1cnc(C2CCCN2C(=O)c2ccsc2)[nH]c1=O. The van der Waals surface area contributed by atoms with Gasteiger partial charge in [-0.1, -0.05) is 0 Å². The summed E-state index contributed by atoms with van der Waals surface area (Å²) >= 11 is 1.49. The van der Waals surface area contributed by atoms with Gasteiger partial charge >= 0.3 is 0 Å². The first-order valence-corrected chi connectivity index (χ1v) is 7.61. The number of methoxy groups -OCH3 is 1. The van der Waals surface area contributed by atoms with Gasteiger partial charge in [0.05, 0.1) is 24.9 Å². The number of carbonyl (C=O) groups is 1. The van der Waals surface area contributed by atoms with Crippen molar-refractivity contribution < 1.29 is 9.53 Å². The molecule has 7 heteroatoms. The average Bonchev–Trinajstić information content (AvgIpc) is 3.17. The highest BCUT2D eigenvalue weighted by Gasteiger charge is 2.32. The summed E-state index contributed by atoms with van der Waals surface area (Å²) in [5.74, 6) is 0.673. The van der Waals surface area contributed by atoms with Gasteiger partial charge in [-0.05, 0) is 24.3 Å². The van der Waals surface area contributed by atoms with E-state index in [2.05, 4.69) is 9.97 Å². The maximum absolute atomic E-state index is 12.5. The minimum atomic E-state index is -0.322. The van der Waals surface area contributed by atoms with E-state index in [1.165, 1.54) is 24.6 Å². The summed E-state index contributed by atoms with van der Waals surface area (Å²) in [6.07, 6.45) is 3.10. The predicted octanol–water partition coefficient (Wildman–Crippen LogP) is 1.82. The number of rotatable bonds is 3. The number of nitrogens with one attached hydrogen (secondary N) is 1. The minimum absolute atomic E-state index is 0.0165. The Hall–Kier alpha value is -2.15. The predicted molar refractivity (Wildman–Crippen MR) is 78.7 cm³/mol. The lowest BCUT2D eigenvalue weighted by molar-refractivity contribution is 0.0730. The zero-order chi connectivity index (χ0) is 14.8. The van der Waals surface area contributed by atoms with Gasteiger partial charge in [0.2, 0.25) is 5.75 Å². The molecule has 0 saturated carbocycles. The van der Waals surface area contributed by atoms with Gasteiger partial charge in [0, 0.05) is 11.9 Å². The summed E-state index contributed by atoms with van der Waals surface area (Å²) in [7, 11) is 1.42. The molecule has 0 aliphatic carbocycles. The van der Waals surface area contributed by atoms with Crippen LogP contribution in [-0.2, 0) is 0 Å². The maximum Gasteiger partial charge on any atom is 0.293 e. The van der Waals surface area contributed by atoms with Gasteiger partial charge in [0.15, 0.2) is 0 Å². The highest BCUT2D eigenvalue weighted by atomic mass is 32.1. The van der Waals surface area contributed by atoms with Gasteiger partial charge in [-0.3, -0.25) is 9.59 Å². The number of amides is 1. The van der Waals surface area contributed by atoms with Crippen LogP contribution in [0.15, 0.2) is 27.8 Å². The summed E-state index contributed by atoms with van der Waals surface area (Å²) in [4.78, 5) is 33.0. The number of thiophene rings is 1. The van der Waals surface area contributed by atoms with Crippen molar-refractivity contribution in [3.8, 4) is 5.75 Å². The Balaban J connectivity index is 1.89. The largest absolute Gasteiger partial charge is 0.490 e. The zero-order valence-electron chi connectivity index (χ0n) is 11.5. The van der Waals surface area contributed by atoms with Gasteiger partial charge in [-0.2, -0.15) is 11.3 Å². The first-order chi connectivity index (χ1) is 10.2. The topological polar surface area (TPSA) is 75.3 Å². The van der Waals surface area contributed by atoms with Crippen LogP contribution in [0.5, 0.6) is 5.75 Å². The number of nitrogens with zero attached hydrogens (tertiary/aromatic N) is 2. The lowest BCUT2D eigenvalue weighted by atomic mass is 10.2. The van der Waals surface area contributed by atoms with Crippen LogP contribution in [0.2, 0.25) is 0 Å². The molecule has 2 aromatic heterocycles.